The molecular formula is C10H12N5O14P3-4. The van der Waals surface area contributed by atoms with Crippen LogP contribution in [0.4, 0.5) is 5.82 Å². The molecule has 2 aromatic rings. The van der Waals surface area contributed by atoms with Gasteiger partial charge in [0.05, 0.1) is 20.8 Å². The molecule has 1 fully saturated rings. The Morgan fingerprint density at radius 2 is 1.81 bits per heavy atom. The summed E-state index contributed by atoms with van der Waals surface area (Å²) in [6.07, 6.45) is -5.58. The van der Waals surface area contributed by atoms with Gasteiger partial charge >= 0.3 is 5.69 Å². The zero-order chi connectivity index (χ0) is 24.1. The molecule has 3 rings (SSSR count). The second-order valence-corrected chi connectivity index (χ2v) is 10.4. The second-order valence-electron chi connectivity index (χ2n) is 6.13. The molecule has 0 radical (unpaired) electrons. The van der Waals surface area contributed by atoms with Crippen molar-refractivity contribution in [2.75, 3.05) is 12.3 Å². The van der Waals surface area contributed by atoms with Gasteiger partial charge in [0.2, 0.25) is 0 Å². The third-order valence-corrected chi connectivity index (χ3v) is 7.55. The number of nitrogen functional groups attached to an aromatic ring is 1. The number of rotatable bonds is 8. The van der Waals surface area contributed by atoms with Crippen molar-refractivity contribution in [3.05, 3.63) is 16.8 Å². The maximum Gasteiger partial charge on any atom is 0.348 e. The summed E-state index contributed by atoms with van der Waals surface area (Å²) in [6.45, 7) is -1.13. The molecule has 6 unspecified atom stereocenters. The third-order valence-electron chi connectivity index (χ3n) is 3.88. The van der Waals surface area contributed by atoms with E-state index in [1.807, 2.05) is 0 Å². The molecule has 1 saturated heterocycles. The molecule has 0 saturated carbocycles. The summed E-state index contributed by atoms with van der Waals surface area (Å²) >= 11 is 0. The van der Waals surface area contributed by atoms with Gasteiger partial charge in [-0.2, -0.15) is 4.98 Å². The average Bonchev–Trinajstić information content (AvgIpc) is 3.12. The smallest absolute Gasteiger partial charge is 0.348 e. The van der Waals surface area contributed by atoms with Gasteiger partial charge in [0, 0.05) is 0 Å². The Kier molecular flexibility index (Phi) is 6.78. The van der Waals surface area contributed by atoms with Gasteiger partial charge in [0.25, 0.3) is 15.6 Å². The number of H-pyrrole nitrogens is 1. The molecule has 180 valence electrons. The molecule has 22 heteroatoms. The van der Waals surface area contributed by atoms with Gasteiger partial charge in [-0.05, 0) is 0 Å². The topological polar surface area (TPSA) is 310 Å². The Labute approximate surface area is 175 Å². The van der Waals surface area contributed by atoms with Crippen LogP contribution in [0.25, 0.3) is 11.2 Å². The number of nitrogens with one attached hydrogen (secondary N) is 1. The molecule has 0 amide bonds. The number of hydrogen-bond acceptors (Lipinski definition) is 17. The SMILES string of the molecule is Nc1[nH]c(=O)nc2c1ncn2C1OC(COP(=O)([O-])OP(=O)([O-])OP(=O)([O-])[O-])C(O)C1O. The molecule has 0 aliphatic carbocycles. The summed E-state index contributed by atoms with van der Waals surface area (Å²) < 4.78 is 50.0. The van der Waals surface area contributed by atoms with E-state index in [0.717, 1.165) is 10.9 Å². The van der Waals surface area contributed by atoms with E-state index < -0.39 is 60.3 Å². The fourth-order valence-corrected chi connectivity index (χ4v) is 5.55. The van der Waals surface area contributed by atoms with Crippen molar-refractivity contribution >= 4 is 40.4 Å². The van der Waals surface area contributed by atoms with E-state index in [4.69, 9.17) is 10.5 Å². The van der Waals surface area contributed by atoms with Gasteiger partial charge in [0.1, 0.15) is 29.6 Å². The molecule has 1 aliphatic heterocycles. The highest BCUT2D eigenvalue weighted by Crippen LogP contribution is 2.60. The number of imidazole rings is 1. The quantitative estimate of drug-likeness (QED) is 0.237. The van der Waals surface area contributed by atoms with E-state index in [-0.39, 0.29) is 17.0 Å². The number of aliphatic hydroxyl groups is 2. The number of ether oxygens (including phenoxy) is 1. The second kappa shape index (κ2) is 8.66. The van der Waals surface area contributed by atoms with Crippen LogP contribution in [0.5, 0.6) is 0 Å². The molecule has 0 aromatic carbocycles. The Morgan fingerprint density at radius 1 is 1.16 bits per heavy atom. The molecule has 19 nitrogen and oxygen atoms in total. The normalized spacial score (nSPS) is 27.9. The van der Waals surface area contributed by atoms with Crippen LogP contribution in [0.15, 0.2) is 11.1 Å². The standard InChI is InChI=1S/C10H16N5O14P3/c11-7-4-8(14-10(18)13-7)15(2-12-4)9-6(17)5(16)3(27-9)1-26-31(22,23)29-32(24,25)28-30(19,20)21/h2-3,5-6,9,16-17H,1H2,(H,22,23)(H,24,25)(H2,19,20,21)(H3,11,13,14,18)/p-4. The molecule has 1 aliphatic rings. The lowest BCUT2D eigenvalue weighted by atomic mass is 10.1. The van der Waals surface area contributed by atoms with Crippen molar-refractivity contribution in [3.8, 4) is 0 Å². The van der Waals surface area contributed by atoms with Gasteiger partial charge in [-0.3, -0.25) is 23.0 Å². The highest BCUT2D eigenvalue weighted by molar-refractivity contribution is 7.64. The van der Waals surface area contributed by atoms with Crippen LogP contribution in [0.2, 0.25) is 0 Å². The first kappa shape index (κ1) is 25.1. The van der Waals surface area contributed by atoms with Crippen LogP contribution in [0.1, 0.15) is 6.23 Å². The van der Waals surface area contributed by atoms with Crippen LogP contribution < -0.4 is 31.0 Å². The summed E-state index contributed by atoms with van der Waals surface area (Å²) in [5.74, 6) is -0.152. The Hall–Kier alpha value is -1.56. The monoisotopic (exact) mass is 519 g/mol. The molecule has 0 bridgehead atoms. The third kappa shape index (κ3) is 5.67. The number of phosphoric ester groups is 1. The van der Waals surface area contributed by atoms with E-state index in [2.05, 4.69) is 28.1 Å². The van der Waals surface area contributed by atoms with E-state index in [1.54, 1.807) is 0 Å². The first-order valence-electron chi connectivity index (χ1n) is 8.04. The Morgan fingerprint density at radius 3 is 2.44 bits per heavy atom. The molecule has 32 heavy (non-hydrogen) atoms. The minimum absolute atomic E-state index is 0.0206. The summed E-state index contributed by atoms with van der Waals surface area (Å²) in [6, 6.07) is 0. The number of fused-ring (bicyclic) bond motifs is 1. The van der Waals surface area contributed by atoms with Gasteiger partial charge in [-0.15, -0.1) is 0 Å². The summed E-state index contributed by atoms with van der Waals surface area (Å²) in [7, 11) is -18.2. The van der Waals surface area contributed by atoms with E-state index in [9.17, 15) is 48.3 Å². The largest absolute Gasteiger partial charge is 0.790 e. The lowest BCUT2D eigenvalue weighted by Crippen LogP contribution is -2.34. The number of hydrogen-bond donors (Lipinski definition) is 4. The van der Waals surface area contributed by atoms with E-state index in [0.29, 0.717) is 0 Å². The maximum absolute atomic E-state index is 11.6. The van der Waals surface area contributed by atoms with Crippen LogP contribution in [-0.2, 0) is 31.6 Å². The maximum atomic E-state index is 11.6. The molecule has 3 heterocycles. The van der Waals surface area contributed by atoms with Crippen LogP contribution in [0.3, 0.4) is 0 Å². The number of anilines is 1. The molecule has 5 N–H and O–H groups in total. The lowest BCUT2D eigenvalue weighted by molar-refractivity contribution is -0.339. The number of nitrogens with zero attached hydrogens (tertiary/aromatic N) is 3. The van der Waals surface area contributed by atoms with E-state index in [1.165, 1.54) is 0 Å². The number of aliphatic hydroxyl groups excluding tert-OH is 2. The number of aromatic nitrogens is 4. The van der Waals surface area contributed by atoms with Crippen molar-refractivity contribution in [2.45, 2.75) is 24.5 Å². The predicted octanol–water partition coefficient (Wildman–Crippen LogP) is -4.86. The fraction of sp³-hybridized carbons (Fsp3) is 0.500. The minimum atomic E-state index is -6.17. The summed E-state index contributed by atoms with van der Waals surface area (Å²) in [5.41, 5.74) is 4.61. The Balaban J connectivity index is 1.72. The number of phosphoric acid groups is 3. The fourth-order valence-electron chi connectivity index (χ4n) is 2.68. The van der Waals surface area contributed by atoms with E-state index >= 15 is 0 Å². The number of aromatic amines is 1. The minimum Gasteiger partial charge on any atom is -0.790 e. The number of nitrogens with two attached hydrogens (primary N) is 1. The van der Waals surface area contributed by atoms with Crippen molar-refractivity contribution < 1.29 is 61.4 Å². The van der Waals surface area contributed by atoms with Gasteiger partial charge in [-0.25, -0.2) is 14.1 Å². The summed E-state index contributed by atoms with van der Waals surface area (Å²) in [4.78, 5) is 64.6. The average molecular weight is 519 g/mol. The highest BCUT2D eigenvalue weighted by atomic mass is 31.3. The Bertz CT molecular complexity index is 1210. The molecule has 6 atom stereocenters. The van der Waals surface area contributed by atoms with Crippen molar-refractivity contribution in [1.82, 2.24) is 19.5 Å². The van der Waals surface area contributed by atoms with Gasteiger partial charge in [0.15, 0.2) is 11.9 Å². The van der Waals surface area contributed by atoms with Crippen LogP contribution in [-0.4, -0.2) is 54.7 Å². The van der Waals surface area contributed by atoms with Crippen molar-refractivity contribution in [3.63, 3.8) is 0 Å². The lowest BCUT2D eigenvalue weighted by Gasteiger charge is -2.37. The summed E-state index contributed by atoms with van der Waals surface area (Å²) in [5, 5.41) is 20.3. The van der Waals surface area contributed by atoms with Crippen LogP contribution in [0, 0.1) is 0 Å². The van der Waals surface area contributed by atoms with Gasteiger partial charge < -0.3 is 49.3 Å². The molecule has 2 aromatic heterocycles. The van der Waals surface area contributed by atoms with Gasteiger partial charge in [-0.1, -0.05) is 0 Å². The van der Waals surface area contributed by atoms with Crippen molar-refractivity contribution in [1.29, 1.82) is 0 Å². The first-order valence-corrected chi connectivity index (χ1v) is 12.4. The highest BCUT2D eigenvalue weighted by Gasteiger charge is 2.45. The first-order chi connectivity index (χ1) is 14.6. The van der Waals surface area contributed by atoms with Crippen molar-refractivity contribution in [2.24, 2.45) is 0 Å². The zero-order valence-corrected chi connectivity index (χ0v) is 17.8. The molecular weight excluding hydrogens is 507 g/mol. The molecule has 0 spiro atoms. The zero-order valence-electron chi connectivity index (χ0n) is 15.1. The predicted molar refractivity (Wildman–Crippen MR) is 89.4 cm³/mol. The van der Waals surface area contributed by atoms with Crippen LogP contribution >= 0.6 is 23.5 Å².